The Labute approximate surface area is 112 Å². The molecule has 19 heavy (non-hydrogen) atoms. The zero-order chi connectivity index (χ0) is 13.7. The largest absolute Gasteiger partial charge is 0.493 e. The van der Waals surface area contributed by atoms with Crippen molar-refractivity contribution in [2.45, 2.75) is 12.6 Å². The summed E-state index contributed by atoms with van der Waals surface area (Å²) < 4.78 is 16.0. The van der Waals surface area contributed by atoms with Crippen LogP contribution in [0.3, 0.4) is 0 Å². The van der Waals surface area contributed by atoms with Crippen LogP contribution in [-0.2, 0) is 16.1 Å². The summed E-state index contributed by atoms with van der Waals surface area (Å²) in [6.07, 6.45) is 1.45. The monoisotopic (exact) mass is 263 g/mol. The van der Waals surface area contributed by atoms with Crippen molar-refractivity contribution in [2.75, 3.05) is 20.3 Å². The van der Waals surface area contributed by atoms with E-state index < -0.39 is 0 Å². The van der Waals surface area contributed by atoms with Gasteiger partial charge in [-0.05, 0) is 23.8 Å². The number of hydrogen-bond acceptors (Lipinski definition) is 4. The highest BCUT2D eigenvalue weighted by Crippen LogP contribution is 2.28. The summed E-state index contributed by atoms with van der Waals surface area (Å²) in [6.45, 7) is 5.11. The Kier molecular flexibility index (Phi) is 4.41. The first-order chi connectivity index (χ1) is 9.22. The quantitative estimate of drug-likeness (QED) is 0.594. The van der Waals surface area contributed by atoms with Crippen LogP contribution in [0.15, 0.2) is 30.9 Å². The molecule has 1 saturated heterocycles. The average molecular weight is 263 g/mol. The van der Waals surface area contributed by atoms with Crippen LogP contribution in [-0.4, -0.2) is 32.3 Å². The van der Waals surface area contributed by atoms with Gasteiger partial charge in [0.25, 0.3) is 0 Å². The number of methoxy groups -OCH3 is 1. The van der Waals surface area contributed by atoms with Gasteiger partial charge < -0.3 is 19.5 Å². The molecule has 1 aromatic rings. The van der Waals surface area contributed by atoms with Gasteiger partial charge in [0.05, 0.1) is 13.7 Å². The number of epoxide rings is 1. The molecule has 1 aliphatic heterocycles. The highest BCUT2D eigenvalue weighted by Gasteiger charge is 2.23. The van der Waals surface area contributed by atoms with Gasteiger partial charge >= 0.3 is 0 Å². The smallest absolute Gasteiger partial charge is 0.243 e. The van der Waals surface area contributed by atoms with E-state index in [9.17, 15) is 4.79 Å². The number of rotatable bonds is 7. The van der Waals surface area contributed by atoms with E-state index in [1.807, 2.05) is 18.2 Å². The fourth-order valence-electron chi connectivity index (χ4n) is 1.55. The molecule has 1 heterocycles. The molecule has 5 nitrogen and oxygen atoms in total. The first-order valence-electron chi connectivity index (χ1n) is 6.04. The standard InChI is InChI=1S/C14H17NO4/c1-3-14(16)15-7-10-4-5-12(13(6-10)17-2)19-9-11-8-18-11/h3-6,11H,1,7-9H2,2H3,(H,15,16). The number of amides is 1. The summed E-state index contributed by atoms with van der Waals surface area (Å²) in [5.41, 5.74) is 0.932. The predicted octanol–water partition coefficient (Wildman–Crippen LogP) is 1.28. The predicted molar refractivity (Wildman–Crippen MR) is 70.3 cm³/mol. The minimum absolute atomic E-state index is 0.204. The minimum Gasteiger partial charge on any atom is -0.493 e. The summed E-state index contributed by atoms with van der Waals surface area (Å²) >= 11 is 0. The van der Waals surface area contributed by atoms with E-state index in [4.69, 9.17) is 14.2 Å². The van der Waals surface area contributed by atoms with Crippen molar-refractivity contribution in [1.82, 2.24) is 5.32 Å². The van der Waals surface area contributed by atoms with E-state index in [0.717, 1.165) is 12.2 Å². The van der Waals surface area contributed by atoms with Crippen molar-refractivity contribution in [3.05, 3.63) is 36.4 Å². The highest BCUT2D eigenvalue weighted by atomic mass is 16.6. The molecule has 0 spiro atoms. The Morgan fingerprint density at radius 2 is 2.37 bits per heavy atom. The van der Waals surface area contributed by atoms with Crippen LogP contribution in [0.25, 0.3) is 0 Å². The maximum atomic E-state index is 11.1. The van der Waals surface area contributed by atoms with E-state index in [2.05, 4.69) is 11.9 Å². The van der Waals surface area contributed by atoms with Crippen LogP contribution in [0.1, 0.15) is 5.56 Å². The van der Waals surface area contributed by atoms with Gasteiger partial charge in [-0.2, -0.15) is 0 Å². The zero-order valence-electron chi connectivity index (χ0n) is 10.8. The molecule has 0 aliphatic carbocycles. The van der Waals surface area contributed by atoms with Gasteiger partial charge in [0.2, 0.25) is 5.91 Å². The zero-order valence-corrected chi connectivity index (χ0v) is 10.8. The summed E-state index contributed by atoms with van der Waals surface area (Å²) in [5, 5.41) is 2.71. The number of hydrogen-bond donors (Lipinski definition) is 1. The van der Waals surface area contributed by atoms with E-state index in [1.165, 1.54) is 6.08 Å². The summed E-state index contributed by atoms with van der Waals surface area (Å²) in [5.74, 6) is 1.12. The molecular weight excluding hydrogens is 246 g/mol. The van der Waals surface area contributed by atoms with E-state index in [0.29, 0.717) is 24.7 Å². The molecule has 1 unspecified atom stereocenters. The molecule has 1 aromatic carbocycles. The van der Waals surface area contributed by atoms with Gasteiger partial charge in [0.15, 0.2) is 11.5 Å². The molecule has 2 rings (SSSR count). The molecular formula is C14H17NO4. The maximum Gasteiger partial charge on any atom is 0.243 e. The van der Waals surface area contributed by atoms with Crippen LogP contribution in [0.4, 0.5) is 0 Å². The third-order valence-corrected chi connectivity index (χ3v) is 2.71. The number of nitrogens with one attached hydrogen (secondary N) is 1. The Morgan fingerprint density at radius 1 is 1.58 bits per heavy atom. The van der Waals surface area contributed by atoms with E-state index in [1.54, 1.807) is 7.11 Å². The normalized spacial score (nSPS) is 16.6. The van der Waals surface area contributed by atoms with Crippen molar-refractivity contribution in [2.24, 2.45) is 0 Å². The number of carbonyl (C=O) groups is 1. The molecule has 1 atom stereocenters. The molecule has 1 amide bonds. The SMILES string of the molecule is C=CC(=O)NCc1ccc(OCC2CO2)c(OC)c1. The molecule has 0 radical (unpaired) electrons. The Hall–Kier alpha value is -2.01. The van der Waals surface area contributed by atoms with Crippen LogP contribution in [0, 0.1) is 0 Å². The van der Waals surface area contributed by atoms with E-state index in [-0.39, 0.29) is 12.0 Å². The van der Waals surface area contributed by atoms with Crippen molar-refractivity contribution < 1.29 is 19.0 Å². The summed E-state index contributed by atoms with van der Waals surface area (Å²) in [6, 6.07) is 5.55. The van der Waals surface area contributed by atoms with Crippen LogP contribution >= 0.6 is 0 Å². The van der Waals surface area contributed by atoms with Crippen molar-refractivity contribution in [3.63, 3.8) is 0 Å². The molecule has 0 saturated carbocycles. The Balaban J connectivity index is 1.97. The van der Waals surface area contributed by atoms with Gasteiger partial charge in [0, 0.05) is 6.54 Å². The molecule has 1 N–H and O–H groups in total. The molecule has 102 valence electrons. The molecule has 1 fully saturated rings. The van der Waals surface area contributed by atoms with Gasteiger partial charge in [-0.3, -0.25) is 4.79 Å². The fourth-order valence-corrected chi connectivity index (χ4v) is 1.55. The second-order valence-electron chi connectivity index (χ2n) is 4.17. The summed E-state index contributed by atoms with van der Waals surface area (Å²) in [4.78, 5) is 11.1. The molecule has 0 aromatic heterocycles. The first-order valence-corrected chi connectivity index (χ1v) is 6.04. The first kappa shape index (κ1) is 13.4. The minimum atomic E-state index is -0.204. The van der Waals surface area contributed by atoms with Gasteiger partial charge in [-0.25, -0.2) is 0 Å². The van der Waals surface area contributed by atoms with Gasteiger partial charge in [0.1, 0.15) is 12.7 Å². The Morgan fingerprint density at radius 3 is 3.00 bits per heavy atom. The molecule has 0 bridgehead atoms. The van der Waals surface area contributed by atoms with Crippen LogP contribution in [0.5, 0.6) is 11.5 Å². The maximum absolute atomic E-state index is 11.1. The summed E-state index contributed by atoms with van der Waals surface area (Å²) in [7, 11) is 1.59. The third-order valence-electron chi connectivity index (χ3n) is 2.71. The number of benzene rings is 1. The third kappa shape index (κ3) is 3.99. The van der Waals surface area contributed by atoms with Crippen molar-refractivity contribution >= 4 is 5.91 Å². The second-order valence-corrected chi connectivity index (χ2v) is 4.17. The van der Waals surface area contributed by atoms with Crippen LogP contribution in [0.2, 0.25) is 0 Å². The average Bonchev–Trinajstić information content (AvgIpc) is 3.26. The Bertz CT molecular complexity index is 469. The van der Waals surface area contributed by atoms with Crippen LogP contribution < -0.4 is 14.8 Å². The van der Waals surface area contributed by atoms with Crippen molar-refractivity contribution in [1.29, 1.82) is 0 Å². The van der Waals surface area contributed by atoms with Gasteiger partial charge in [-0.1, -0.05) is 12.6 Å². The lowest BCUT2D eigenvalue weighted by atomic mass is 10.2. The second kappa shape index (κ2) is 6.24. The van der Waals surface area contributed by atoms with E-state index >= 15 is 0 Å². The van der Waals surface area contributed by atoms with Crippen molar-refractivity contribution in [3.8, 4) is 11.5 Å². The lowest BCUT2D eigenvalue weighted by molar-refractivity contribution is -0.116. The molecule has 5 heteroatoms. The fraction of sp³-hybridized carbons (Fsp3) is 0.357. The number of carbonyl (C=O) groups excluding carboxylic acids is 1. The topological polar surface area (TPSA) is 60.1 Å². The molecule has 1 aliphatic rings. The number of ether oxygens (including phenoxy) is 3. The van der Waals surface area contributed by atoms with Gasteiger partial charge in [-0.15, -0.1) is 0 Å². The lowest BCUT2D eigenvalue weighted by Crippen LogP contribution is -2.19. The lowest BCUT2D eigenvalue weighted by Gasteiger charge is -2.11. The highest BCUT2D eigenvalue weighted by molar-refractivity contribution is 5.86.